The van der Waals surface area contributed by atoms with Crippen LogP contribution in [0.1, 0.15) is 29.2 Å². The molecule has 0 spiro atoms. The van der Waals surface area contributed by atoms with Crippen LogP contribution in [0.5, 0.6) is 5.75 Å². The zero-order valence-electron chi connectivity index (χ0n) is 15.4. The summed E-state index contributed by atoms with van der Waals surface area (Å²) in [5.74, 6) is 0.619. The number of aromatic nitrogens is 1. The lowest BCUT2D eigenvalue weighted by Gasteiger charge is -2.21. The topological polar surface area (TPSA) is 43.3 Å². The standard InChI is InChI=1S/C22H24N2O2/c1-16-10-11-21(26-3)19(14-16)23-22(25)15-20(24-12-6-7-13-24)18-9-5-4-8-17(18)2/h4-14,20H,15H2,1-3H3,(H,23,25)/t20-/m0/s1. The van der Waals surface area contributed by atoms with Crippen LogP contribution < -0.4 is 10.1 Å². The smallest absolute Gasteiger partial charge is 0.226 e. The first-order valence-electron chi connectivity index (χ1n) is 8.71. The van der Waals surface area contributed by atoms with Gasteiger partial charge in [-0.3, -0.25) is 4.79 Å². The lowest BCUT2D eigenvalue weighted by atomic mass is 9.98. The summed E-state index contributed by atoms with van der Waals surface area (Å²) in [5, 5.41) is 3.01. The fourth-order valence-electron chi connectivity index (χ4n) is 3.19. The number of ether oxygens (including phenoxy) is 1. The number of amides is 1. The third kappa shape index (κ3) is 3.97. The molecule has 0 aliphatic rings. The molecule has 4 nitrogen and oxygen atoms in total. The minimum Gasteiger partial charge on any atom is -0.495 e. The van der Waals surface area contributed by atoms with E-state index in [1.54, 1.807) is 7.11 Å². The molecule has 0 saturated heterocycles. The van der Waals surface area contributed by atoms with Crippen molar-refractivity contribution in [2.24, 2.45) is 0 Å². The molecule has 4 heteroatoms. The average molecular weight is 348 g/mol. The monoisotopic (exact) mass is 348 g/mol. The van der Waals surface area contributed by atoms with Gasteiger partial charge in [-0.15, -0.1) is 0 Å². The van der Waals surface area contributed by atoms with E-state index in [0.29, 0.717) is 17.9 Å². The fraction of sp³-hybridized carbons (Fsp3) is 0.227. The number of methoxy groups -OCH3 is 1. The summed E-state index contributed by atoms with van der Waals surface area (Å²) in [6.45, 7) is 4.07. The first kappa shape index (κ1) is 17.8. The van der Waals surface area contributed by atoms with E-state index in [2.05, 4.69) is 28.9 Å². The number of carbonyl (C=O) groups is 1. The fourth-order valence-corrected chi connectivity index (χ4v) is 3.19. The van der Waals surface area contributed by atoms with Crippen LogP contribution in [0.2, 0.25) is 0 Å². The molecule has 0 fully saturated rings. The predicted molar refractivity (Wildman–Crippen MR) is 105 cm³/mol. The molecule has 2 aromatic carbocycles. The Labute approximate surface area is 154 Å². The Morgan fingerprint density at radius 2 is 1.81 bits per heavy atom. The van der Waals surface area contributed by atoms with Gasteiger partial charge >= 0.3 is 0 Å². The van der Waals surface area contributed by atoms with Gasteiger partial charge in [-0.25, -0.2) is 0 Å². The largest absolute Gasteiger partial charge is 0.495 e. The van der Waals surface area contributed by atoms with Crippen molar-refractivity contribution in [3.8, 4) is 5.75 Å². The van der Waals surface area contributed by atoms with E-state index in [0.717, 1.165) is 11.1 Å². The molecule has 0 aliphatic heterocycles. The van der Waals surface area contributed by atoms with Crippen LogP contribution in [0.3, 0.4) is 0 Å². The van der Waals surface area contributed by atoms with E-state index >= 15 is 0 Å². The number of aryl methyl sites for hydroxylation is 2. The van der Waals surface area contributed by atoms with Gasteiger partial charge in [-0.2, -0.15) is 0 Å². The molecule has 1 atom stereocenters. The van der Waals surface area contributed by atoms with Crippen LogP contribution in [-0.2, 0) is 4.79 Å². The van der Waals surface area contributed by atoms with E-state index in [1.165, 1.54) is 5.56 Å². The summed E-state index contributed by atoms with van der Waals surface area (Å²) in [7, 11) is 1.61. The van der Waals surface area contributed by atoms with Crippen LogP contribution in [0.15, 0.2) is 67.0 Å². The second-order valence-electron chi connectivity index (χ2n) is 6.46. The highest BCUT2D eigenvalue weighted by Gasteiger charge is 2.19. The van der Waals surface area contributed by atoms with Crippen molar-refractivity contribution < 1.29 is 9.53 Å². The van der Waals surface area contributed by atoms with Crippen molar-refractivity contribution in [1.82, 2.24) is 4.57 Å². The van der Waals surface area contributed by atoms with Crippen molar-refractivity contribution >= 4 is 11.6 Å². The second kappa shape index (κ2) is 7.91. The molecule has 3 aromatic rings. The Bertz CT molecular complexity index is 885. The van der Waals surface area contributed by atoms with Gasteiger partial charge in [0.25, 0.3) is 0 Å². The molecule has 0 saturated carbocycles. The van der Waals surface area contributed by atoms with Crippen LogP contribution in [0, 0.1) is 13.8 Å². The first-order valence-corrected chi connectivity index (χ1v) is 8.71. The third-order valence-electron chi connectivity index (χ3n) is 4.54. The van der Waals surface area contributed by atoms with E-state index in [9.17, 15) is 4.79 Å². The van der Waals surface area contributed by atoms with Crippen LogP contribution in [0.25, 0.3) is 0 Å². The number of hydrogen-bond donors (Lipinski definition) is 1. The van der Waals surface area contributed by atoms with E-state index in [1.807, 2.05) is 61.8 Å². The number of anilines is 1. The summed E-state index contributed by atoms with van der Waals surface area (Å²) in [6, 6.07) is 17.9. The zero-order valence-corrected chi connectivity index (χ0v) is 15.4. The molecule has 1 aromatic heterocycles. The first-order chi connectivity index (χ1) is 12.6. The summed E-state index contributed by atoms with van der Waals surface area (Å²) in [5.41, 5.74) is 4.10. The predicted octanol–water partition coefficient (Wildman–Crippen LogP) is 4.73. The highest BCUT2D eigenvalue weighted by molar-refractivity contribution is 5.93. The van der Waals surface area contributed by atoms with Crippen molar-refractivity contribution in [3.05, 3.63) is 83.7 Å². The Hall–Kier alpha value is -3.01. The van der Waals surface area contributed by atoms with Crippen LogP contribution in [0.4, 0.5) is 5.69 Å². The Morgan fingerprint density at radius 3 is 2.50 bits per heavy atom. The minimum atomic E-state index is -0.0537. The molecular weight excluding hydrogens is 324 g/mol. The van der Waals surface area contributed by atoms with E-state index in [-0.39, 0.29) is 11.9 Å². The van der Waals surface area contributed by atoms with E-state index < -0.39 is 0 Å². The van der Waals surface area contributed by atoms with Crippen molar-refractivity contribution in [2.75, 3.05) is 12.4 Å². The number of nitrogens with one attached hydrogen (secondary N) is 1. The van der Waals surface area contributed by atoms with Crippen molar-refractivity contribution in [1.29, 1.82) is 0 Å². The van der Waals surface area contributed by atoms with Crippen molar-refractivity contribution in [3.63, 3.8) is 0 Å². The number of nitrogens with zero attached hydrogens (tertiary/aromatic N) is 1. The molecular formula is C22H24N2O2. The Morgan fingerprint density at radius 1 is 1.08 bits per heavy atom. The molecule has 1 heterocycles. The van der Waals surface area contributed by atoms with Crippen LogP contribution >= 0.6 is 0 Å². The number of carbonyl (C=O) groups excluding carboxylic acids is 1. The summed E-state index contributed by atoms with van der Waals surface area (Å²) >= 11 is 0. The maximum absolute atomic E-state index is 12.8. The quantitative estimate of drug-likeness (QED) is 0.700. The molecule has 0 aliphatic carbocycles. The lowest BCUT2D eigenvalue weighted by molar-refractivity contribution is -0.116. The maximum atomic E-state index is 12.8. The van der Waals surface area contributed by atoms with Gasteiger partial charge in [-0.05, 0) is 54.8 Å². The molecule has 3 rings (SSSR count). The normalized spacial score (nSPS) is 11.8. The SMILES string of the molecule is COc1ccc(C)cc1NC(=O)C[C@@H](c1ccccc1C)n1cccc1. The number of benzene rings is 2. The average Bonchev–Trinajstić information content (AvgIpc) is 3.15. The minimum absolute atomic E-state index is 0.0455. The summed E-state index contributed by atoms with van der Waals surface area (Å²) < 4.78 is 7.44. The van der Waals surface area contributed by atoms with Gasteiger partial charge in [0.2, 0.25) is 5.91 Å². The lowest BCUT2D eigenvalue weighted by Crippen LogP contribution is -2.20. The van der Waals surface area contributed by atoms with Gasteiger partial charge in [0.15, 0.2) is 0 Å². The highest BCUT2D eigenvalue weighted by Crippen LogP contribution is 2.28. The number of hydrogen-bond acceptors (Lipinski definition) is 2. The van der Waals surface area contributed by atoms with E-state index in [4.69, 9.17) is 4.74 Å². The molecule has 1 N–H and O–H groups in total. The van der Waals surface area contributed by atoms with Gasteiger partial charge in [0.05, 0.1) is 25.3 Å². The maximum Gasteiger partial charge on any atom is 0.226 e. The van der Waals surface area contributed by atoms with Crippen molar-refractivity contribution in [2.45, 2.75) is 26.3 Å². The zero-order chi connectivity index (χ0) is 18.5. The summed E-state index contributed by atoms with van der Waals surface area (Å²) in [6.07, 6.45) is 4.34. The number of rotatable bonds is 6. The van der Waals surface area contributed by atoms with Crippen LogP contribution in [-0.4, -0.2) is 17.6 Å². The van der Waals surface area contributed by atoms with Gasteiger partial charge in [-0.1, -0.05) is 30.3 Å². The molecule has 0 radical (unpaired) electrons. The Kier molecular flexibility index (Phi) is 5.42. The summed E-state index contributed by atoms with van der Waals surface area (Å²) in [4.78, 5) is 12.8. The molecule has 134 valence electrons. The molecule has 1 amide bonds. The van der Waals surface area contributed by atoms with Gasteiger partial charge in [0, 0.05) is 12.4 Å². The van der Waals surface area contributed by atoms with Gasteiger partial charge in [0.1, 0.15) is 5.75 Å². The molecule has 0 unspecified atom stereocenters. The second-order valence-corrected chi connectivity index (χ2v) is 6.46. The third-order valence-corrected chi connectivity index (χ3v) is 4.54. The Balaban J connectivity index is 1.85. The van der Waals surface area contributed by atoms with Gasteiger partial charge < -0.3 is 14.6 Å². The molecule has 26 heavy (non-hydrogen) atoms. The molecule has 0 bridgehead atoms. The highest BCUT2D eigenvalue weighted by atomic mass is 16.5.